The topological polar surface area (TPSA) is 94.4 Å². The van der Waals surface area contributed by atoms with Gasteiger partial charge in [0.05, 0.1) is 17.0 Å². The first-order valence-electron chi connectivity index (χ1n) is 10.6. The minimum absolute atomic E-state index is 0.0267. The van der Waals surface area contributed by atoms with Crippen LogP contribution in [0.1, 0.15) is 42.0 Å². The van der Waals surface area contributed by atoms with E-state index in [1.807, 2.05) is 49.4 Å². The van der Waals surface area contributed by atoms with Gasteiger partial charge in [-0.25, -0.2) is 4.98 Å². The number of ketones is 1. The number of anilines is 1. The molecule has 3 heterocycles. The summed E-state index contributed by atoms with van der Waals surface area (Å²) in [5.74, 6) is 1.10. The Kier molecular flexibility index (Phi) is 5.30. The molecule has 0 radical (unpaired) electrons. The fourth-order valence-electron chi connectivity index (χ4n) is 4.19. The second-order valence-corrected chi connectivity index (χ2v) is 8.58. The van der Waals surface area contributed by atoms with Crippen molar-refractivity contribution in [1.29, 1.82) is 0 Å². The molecule has 0 spiro atoms. The summed E-state index contributed by atoms with van der Waals surface area (Å²) in [6, 6.07) is 17.0. The van der Waals surface area contributed by atoms with Crippen molar-refractivity contribution in [3.05, 3.63) is 88.4 Å². The third-order valence-corrected chi connectivity index (χ3v) is 5.99. The standard InChI is InChI=1S/C26H21ClN4O2/c1-14(32)11-22-26-24(15(2)31-33-26)20-9-5-17(18-6-10-23(28)29-13-18)12-21(20)25(30-22)16-3-7-19(27)8-4-16/h3-10,12-13,22H,11H2,1-2H3,(H2,28,29)/t22-/m0/s1. The van der Waals surface area contributed by atoms with E-state index in [1.165, 1.54) is 0 Å². The molecule has 0 amide bonds. The summed E-state index contributed by atoms with van der Waals surface area (Å²) in [7, 11) is 0. The van der Waals surface area contributed by atoms with Gasteiger partial charge in [-0.05, 0) is 55.3 Å². The number of hydrogen-bond donors (Lipinski definition) is 1. The number of pyridine rings is 1. The van der Waals surface area contributed by atoms with Gasteiger partial charge in [0.1, 0.15) is 17.6 Å². The third-order valence-electron chi connectivity index (χ3n) is 5.74. The lowest BCUT2D eigenvalue weighted by atomic mass is 9.90. The summed E-state index contributed by atoms with van der Waals surface area (Å²) >= 11 is 6.15. The molecule has 1 aliphatic rings. The molecule has 2 aromatic heterocycles. The Balaban J connectivity index is 1.78. The predicted molar refractivity (Wildman–Crippen MR) is 129 cm³/mol. The minimum atomic E-state index is -0.474. The number of fused-ring (bicyclic) bond motifs is 3. The number of nitrogen functional groups attached to an aromatic ring is 1. The SMILES string of the molecule is CC(=O)C[C@@H]1N=C(c2ccc(Cl)cc2)c2cc(-c3ccc(N)nc3)ccc2-c2c(C)noc21. The molecule has 1 atom stereocenters. The Bertz CT molecular complexity index is 1390. The van der Waals surface area contributed by atoms with E-state index in [0.717, 1.165) is 44.8 Å². The van der Waals surface area contributed by atoms with E-state index in [1.54, 1.807) is 19.2 Å². The zero-order valence-electron chi connectivity index (χ0n) is 18.2. The summed E-state index contributed by atoms with van der Waals surface area (Å²) in [4.78, 5) is 21.4. The van der Waals surface area contributed by atoms with E-state index in [0.29, 0.717) is 16.6 Å². The highest BCUT2D eigenvalue weighted by atomic mass is 35.5. The number of halogens is 1. The number of aryl methyl sites for hydroxylation is 1. The lowest BCUT2D eigenvalue weighted by Crippen LogP contribution is -2.08. The maximum absolute atomic E-state index is 12.1. The Hall–Kier alpha value is -3.77. The Morgan fingerprint density at radius 2 is 1.76 bits per heavy atom. The first kappa shape index (κ1) is 21.1. The summed E-state index contributed by atoms with van der Waals surface area (Å²) in [6.45, 7) is 3.46. The third kappa shape index (κ3) is 3.94. The highest BCUT2D eigenvalue weighted by Gasteiger charge is 2.31. The molecule has 4 aromatic rings. The van der Waals surface area contributed by atoms with Gasteiger partial charge in [-0.15, -0.1) is 0 Å². The molecule has 7 heteroatoms. The molecule has 1 aliphatic heterocycles. The number of Topliss-reactive ketones (excluding diaryl/α,β-unsaturated/α-hetero) is 1. The zero-order chi connectivity index (χ0) is 23.1. The molecule has 0 fully saturated rings. The second-order valence-electron chi connectivity index (χ2n) is 8.15. The van der Waals surface area contributed by atoms with Crippen LogP contribution in [0.2, 0.25) is 5.02 Å². The Morgan fingerprint density at radius 1 is 1.03 bits per heavy atom. The molecular formula is C26H21ClN4O2. The van der Waals surface area contributed by atoms with E-state index in [2.05, 4.69) is 16.2 Å². The van der Waals surface area contributed by atoms with Crippen molar-refractivity contribution in [3.63, 3.8) is 0 Å². The second kappa shape index (κ2) is 8.30. The summed E-state index contributed by atoms with van der Waals surface area (Å²) in [5.41, 5.74) is 12.9. The van der Waals surface area contributed by atoms with Crippen molar-refractivity contribution in [3.8, 4) is 22.3 Å². The highest BCUT2D eigenvalue weighted by molar-refractivity contribution is 6.30. The van der Waals surface area contributed by atoms with Crippen molar-refractivity contribution in [1.82, 2.24) is 10.1 Å². The Labute approximate surface area is 196 Å². The molecule has 0 aliphatic carbocycles. The summed E-state index contributed by atoms with van der Waals surface area (Å²) in [5, 5.41) is 4.84. The maximum atomic E-state index is 12.1. The number of rotatable bonds is 4. The van der Waals surface area contributed by atoms with Crippen LogP contribution < -0.4 is 5.73 Å². The molecule has 33 heavy (non-hydrogen) atoms. The monoisotopic (exact) mass is 456 g/mol. The molecule has 164 valence electrons. The summed E-state index contributed by atoms with van der Waals surface area (Å²) in [6.07, 6.45) is 1.98. The number of hydrogen-bond acceptors (Lipinski definition) is 6. The van der Waals surface area contributed by atoms with Crippen LogP contribution in [0.3, 0.4) is 0 Å². The Morgan fingerprint density at radius 3 is 2.45 bits per heavy atom. The molecule has 5 rings (SSSR count). The first-order valence-corrected chi connectivity index (χ1v) is 10.9. The largest absolute Gasteiger partial charge is 0.384 e. The fourth-order valence-corrected chi connectivity index (χ4v) is 4.31. The molecule has 0 saturated carbocycles. The van der Waals surface area contributed by atoms with Crippen LogP contribution in [-0.4, -0.2) is 21.6 Å². The average molecular weight is 457 g/mol. The number of carbonyl (C=O) groups excluding carboxylic acids is 1. The van der Waals surface area contributed by atoms with E-state index in [9.17, 15) is 4.79 Å². The van der Waals surface area contributed by atoms with Crippen LogP contribution in [0, 0.1) is 6.92 Å². The van der Waals surface area contributed by atoms with Crippen molar-refractivity contribution in [2.45, 2.75) is 26.3 Å². The van der Waals surface area contributed by atoms with E-state index in [-0.39, 0.29) is 12.2 Å². The number of aromatic nitrogens is 2. The van der Waals surface area contributed by atoms with E-state index < -0.39 is 6.04 Å². The van der Waals surface area contributed by atoms with Gasteiger partial charge in [0.2, 0.25) is 0 Å². The maximum Gasteiger partial charge on any atom is 0.169 e. The van der Waals surface area contributed by atoms with Gasteiger partial charge in [0.25, 0.3) is 0 Å². The molecule has 2 N–H and O–H groups in total. The predicted octanol–water partition coefficient (Wildman–Crippen LogP) is 5.82. The number of carbonyl (C=O) groups is 1. The van der Waals surface area contributed by atoms with Crippen LogP contribution >= 0.6 is 11.6 Å². The van der Waals surface area contributed by atoms with Gasteiger partial charge in [-0.3, -0.25) is 9.79 Å². The normalized spacial score (nSPS) is 14.8. The number of benzene rings is 2. The zero-order valence-corrected chi connectivity index (χ0v) is 18.9. The molecule has 6 nitrogen and oxygen atoms in total. The van der Waals surface area contributed by atoms with Crippen LogP contribution in [0.15, 0.2) is 70.3 Å². The van der Waals surface area contributed by atoms with Gasteiger partial charge in [-0.1, -0.05) is 41.0 Å². The smallest absolute Gasteiger partial charge is 0.169 e. The van der Waals surface area contributed by atoms with Crippen molar-refractivity contribution >= 4 is 28.9 Å². The van der Waals surface area contributed by atoms with Crippen LogP contribution in [0.5, 0.6) is 0 Å². The first-order chi connectivity index (χ1) is 15.9. The molecule has 0 bridgehead atoms. The molecule has 0 saturated heterocycles. The van der Waals surface area contributed by atoms with E-state index >= 15 is 0 Å². The quantitative estimate of drug-likeness (QED) is 0.417. The average Bonchev–Trinajstić information content (AvgIpc) is 3.12. The molecular weight excluding hydrogens is 436 g/mol. The van der Waals surface area contributed by atoms with Crippen molar-refractivity contribution in [2.24, 2.45) is 4.99 Å². The lowest BCUT2D eigenvalue weighted by Gasteiger charge is -2.13. The molecule has 2 aromatic carbocycles. The van der Waals surface area contributed by atoms with Gasteiger partial charge in [0.15, 0.2) is 5.76 Å². The molecule has 0 unspecified atom stereocenters. The van der Waals surface area contributed by atoms with Gasteiger partial charge >= 0.3 is 0 Å². The van der Waals surface area contributed by atoms with Gasteiger partial charge in [0, 0.05) is 34.3 Å². The lowest BCUT2D eigenvalue weighted by molar-refractivity contribution is -0.117. The van der Waals surface area contributed by atoms with Gasteiger partial charge in [-0.2, -0.15) is 0 Å². The van der Waals surface area contributed by atoms with Crippen LogP contribution in [-0.2, 0) is 4.79 Å². The number of nitrogens with zero attached hydrogens (tertiary/aromatic N) is 3. The van der Waals surface area contributed by atoms with Gasteiger partial charge < -0.3 is 10.3 Å². The fraction of sp³-hybridized carbons (Fsp3) is 0.154. The van der Waals surface area contributed by atoms with Crippen LogP contribution in [0.25, 0.3) is 22.3 Å². The summed E-state index contributed by atoms with van der Waals surface area (Å²) < 4.78 is 5.71. The number of nitrogens with two attached hydrogens (primary N) is 1. The minimum Gasteiger partial charge on any atom is -0.384 e. The van der Waals surface area contributed by atoms with Crippen LogP contribution in [0.4, 0.5) is 5.82 Å². The number of aliphatic imine (C=N–C) groups is 1. The van der Waals surface area contributed by atoms with Crippen molar-refractivity contribution in [2.75, 3.05) is 5.73 Å². The van der Waals surface area contributed by atoms with Crippen molar-refractivity contribution < 1.29 is 9.32 Å². The highest BCUT2D eigenvalue weighted by Crippen LogP contribution is 2.42. The van der Waals surface area contributed by atoms with E-state index in [4.69, 9.17) is 26.9 Å².